The summed E-state index contributed by atoms with van der Waals surface area (Å²) in [6, 6.07) is 11.8. The second-order valence-corrected chi connectivity index (χ2v) is 11.0. The molecule has 1 aliphatic heterocycles. The molecule has 3 rings (SSSR count). The van der Waals surface area contributed by atoms with Crippen LogP contribution in [0.4, 0.5) is 5.69 Å². The van der Waals surface area contributed by atoms with Gasteiger partial charge in [-0.05, 0) is 55.0 Å². The number of anilines is 1. The molecule has 0 aromatic heterocycles. The number of rotatable bonds is 5. The van der Waals surface area contributed by atoms with E-state index in [2.05, 4.69) is 26.0 Å². The minimum absolute atomic E-state index is 0.0518. The average molecular weight is 473 g/mol. The normalized spacial score (nSPS) is 18.8. The highest BCUT2D eigenvalue weighted by Gasteiger charge is 2.29. The number of hydrogen-bond acceptors (Lipinski definition) is 5. The van der Waals surface area contributed by atoms with Crippen LogP contribution in [0.25, 0.3) is 0 Å². The molecule has 0 spiro atoms. The van der Waals surface area contributed by atoms with Crippen LogP contribution < -0.4 is 10.0 Å². The molecule has 0 bridgehead atoms. The van der Waals surface area contributed by atoms with Gasteiger partial charge in [-0.1, -0.05) is 15.9 Å². The summed E-state index contributed by atoms with van der Waals surface area (Å²) in [5, 5.41) is 2.69. The minimum Gasteiger partial charge on any atom is -0.348 e. The third-order valence-corrected chi connectivity index (χ3v) is 7.78. The standard InChI is InChI=1S/C17H17BrN2O5S2/c18-13-3-7-16(8-4-13)27(24,25)20-14-5-1-12(2-6-14)17(21)19-15-9-10-26(22,23)11-15/h1-8,15,20H,9-11H2,(H,19,21)/t15-/m1/s1. The molecular weight excluding hydrogens is 456 g/mol. The second-order valence-electron chi connectivity index (χ2n) is 6.21. The molecule has 0 aliphatic carbocycles. The summed E-state index contributed by atoms with van der Waals surface area (Å²) in [6.45, 7) is 0. The quantitative estimate of drug-likeness (QED) is 0.692. The first-order valence-electron chi connectivity index (χ1n) is 8.04. The van der Waals surface area contributed by atoms with Gasteiger partial charge >= 0.3 is 0 Å². The molecule has 1 aliphatic rings. The van der Waals surface area contributed by atoms with E-state index in [1.165, 1.54) is 36.4 Å². The predicted octanol–water partition coefficient (Wildman–Crippen LogP) is 2.17. The number of halogens is 1. The van der Waals surface area contributed by atoms with Crippen molar-refractivity contribution in [3.8, 4) is 0 Å². The van der Waals surface area contributed by atoms with Gasteiger partial charge in [-0.15, -0.1) is 0 Å². The number of sulfonamides is 1. The maximum Gasteiger partial charge on any atom is 0.261 e. The molecule has 7 nitrogen and oxygen atoms in total. The molecule has 27 heavy (non-hydrogen) atoms. The van der Waals surface area contributed by atoms with Crippen LogP contribution in [-0.4, -0.2) is 40.3 Å². The van der Waals surface area contributed by atoms with E-state index in [0.717, 1.165) is 4.47 Å². The van der Waals surface area contributed by atoms with Crippen molar-refractivity contribution in [2.24, 2.45) is 0 Å². The van der Waals surface area contributed by atoms with E-state index >= 15 is 0 Å². The van der Waals surface area contributed by atoms with E-state index in [9.17, 15) is 21.6 Å². The molecule has 144 valence electrons. The summed E-state index contributed by atoms with van der Waals surface area (Å²) in [5.74, 6) is -0.363. The average Bonchev–Trinajstić information content (AvgIpc) is 2.94. The van der Waals surface area contributed by atoms with Crippen LogP contribution in [0.1, 0.15) is 16.8 Å². The molecule has 0 saturated carbocycles. The number of carbonyl (C=O) groups excluding carboxylic acids is 1. The van der Waals surface area contributed by atoms with Crippen molar-refractivity contribution in [3.63, 3.8) is 0 Å². The zero-order valence-electron chi connectivity index (χ0n) is 14.1. The molecule has 1 heterocycles. The van der Waals surface area contributed by atoms with E-state index in [4.69, 9.17) is 0 Å². The third kappa shape index (κ3) is 5.08. The smallest absolute Gasteiger partial charge is 0.261 e. The van der Waals surface area contributed by atoms with E-state index in [0.29, 0.717) is 17.7 Å². The van der Waals surface area contributed by atoms with Gasteiger partial charge in [0.15, 0.2) is 9.84 Å². The number of carbonyl (C=O) groups is 1. The van der Waals surface area contributed by atoms with Gasteiger partial charge in [0.25, 0.3) is 15.9 Å². The van der Waals surface area contributed by atoms with E-state index < -0.39 is 25.9 Å². The largest absolute Gasteiger partial charge is 0.348 e. The first-order chi connectivity index (χ1) is 12.6. The Morgan fingerprint density at radius 3 is 2.22 bits per heavy atom. The van der Waals surface area contributed by atoms with Crippen molar-refractivity contribution in [1.29, 1.82) is 0 Å². The maximum atomic E-state index is 12.4. The Kier molecular flexibility index (Phi) is 5.59. The van der Waals surface area contributed by atoms with Crippen molar-refractivity contribution in [2.45, 2.75) is 17.4 Å². The van der Waals surface area contributed by atoms with E-state index in [-0.39, 0.29) is 22.3 Å². The van der Waals surface area contributed by atoms with Gasteiger partial charge in [0.2, 0.25) is 0 Å². The molecule has 1 saturated heterocycles. The highest BCUT2D eigenvalue weighted by Crippen LogP contribution is 2.19. The fourth-order valence-corrected chi connectivity index (χ4v) is 5.69. The molecule has 1 atom stereocenters. The predicted molar refractivity (Wildman–Crippen MR) is 106 cm³/mol. The fraction of sp³-hybridized carbons (Fsp3) is 0.235. The monoisotopic (exact) mass is 472 g/mol. The number of sulfone groups is 1. The lowest BCUT2D eigenvalue weighted by Crippen LogP contribution is -2.35. The van der Waals surface area contributed by atoms with Crippen LogP contribution >= 0.6 is 15.9 Å². The van der Waals surface area contributed by atoms with Crippen molar-refractivity contribution in [1.82, 2.24) is 5.32 Å². The summed E-state index contributed by atoms with van der Waals surface area (Å²) < 4.78 is 50.8. The Bertz CT molecular complexity index is 1050. The number of nitrogens with one attached hydrogen (secondary N) is 2. The molecular formula is C17H17BrN2O5S2. The van der Waals surface area contributed by atoms with Gasteiger partial charge in [0, 0.05) is 21.8 Å². The highest BCUT2D eigenvalue weighted by atomic mass is 79.9. The van der Waals surface area contributed by atoms with Gasteiger partial charge < -0.3 is 5.32 Å². The Labute approximate surface area is 166 Å². The van der Waals surface area contributed by atoms with Crippen molar-refractivity contribution in [3.05, 3.63) is 58.6 Å². The third-order valence-electron chi connectivity index (χ3n) is 4.09. The zero-order chi connectivity index (χ0) is 19.7. The molecule has 1 fully saturated rings. The van der Waals surface area contributed by atoms with Gasteiger partial charge in [0.1, 0.15) is 0 Å². The van der Waals surface area contributed by atoms with Crippen molar-refractivity contribution in [2.75, 3.05) is 16.2 Å². The van der Waals surface area contributed by atoms with Gasteiger partial charge in [-0.2, -0.15) is 0 Å². The SMILES string of the molecule is O=C(N[C@@H]1CCS(=O)(=O)C1)c1ccc(NS(=O)(=O)c2ccc(Br)cc2)cc1. The summed E-state index contributed by atoms with van der Waals surface area (Å²) in [7, 11) is -6.81. The zero-order valence-corrected chi connectivity index (χ0v) is 17.3. The summed E-state index contributed by atoms with van der Waals surface area (Å²) in [6.07, 6.45) is 0.402. The Morgan fingerprint density at radius 1 is 1.04 bits per heavy atom. The second kappa shape index (κ2) is 7.61. The van der Waals surface area contributed by atoms with Crippen molar-refractivity contribution < 1.29 is 21.6 Å². The van der Waals surface area contributed by atoms with Gasteiger partial charge in [-0.25, -0.2) is 16.8 Å². The summed E-state index contributed by atoms with van der Waals surface area (Å²) in [4.78, 5) is 12.3. The first kappa shape index (κ1) is 19.8. The van der Waals surface area contributed by atoms with Gasteiger partial charge in [0.05, 0.1) is 16.4 Å². The molecule has 1 amide bonds. The summed E-state index contributed by atoms with van der Waals surface area (Å²) in [5.41, 5.74) is 0.642. The minimum atomic E-state index is -3.73. The fourth-order valence-electron chi connectivity index (χ4n) is 2.70. The number of benzene rings is 2. The van der Waals surface area contributed by atoms with Crippen LogP contribution in [0.15, 0.2) is 57.9 Å². The molecule has 2 N–H and O–H groups in total. The van der Waals surface area contributed by atoms with Crippen molar-refractivity contribution >= 4 is 47.4 Å². The first-order valence-corrected chi connectivity index (χ1v) is 12.1. The molecule has 10 heteroatoms. The topological polar surface area (TPSA) is 109 Å². The highest BCUT2D eigenvalue weighted by molar-refractivity contribution is 9.10. The van der Waals surface area contributed by atoms with Crippen LogP contribution in [0.3, 0.4) is 0 Å². The molecule has 0 radical (unpaired) electrons. The van der Waals surface area contributed by atoms with Crippen LogP contribution in [-0.2, 0) is 19.9 Å². The van der Waals surface area contributed by atoms with E-state index in [1.54, 1.807) is 12.1 Å². The number of amides is 1. The van der Waals surface area contributed by atoms with E-state index in [1.807, 2.05) is 0 Å². The van der Waals surface area contributed by atoms with Gasteiger partial charge in [-0.3, -0.25) is 9.52 Å². The Balaban J connectivity index is 1.66. The van der Waals surface area contributed by atoms with Crippen LogP contribution in [0.2, 0.25) is 0 Å². The lowest BCUT2D eigenvalue weighted by Gasteiger charge is -2.12. The molecule has 2 aromatic carbocycles. The maximum absolute atomic E-state index is 12.4. The van der Waals surface area contributed by atoms with Crippen LogP contribution in [0, 0.1) is 0 Å². The number of hydrogen-bond donors (Lipinski definition) is 2. The summed E-state index contributed by atoms with van der Waals surface area (Å²) >= 11 is 3.25. The molecule has 0 unspecified atom stereocenters. The Hall–Kier alpha value is -1.91. The lowest BCUT2D eigenvalue weighted by atomic mass is 10.1. The molecule has 2 aromatic rings. The Morgan fingerprint density at radius 2 is 1.67 bits per heavy atom. The lowest BCUT2D eigenvalue weighted by molar-refractivity contribution is 0.0941. The van der Waals surface area contributed by atoms with Crippen LogP contribution in [0.5, 0.6) is 0 Å².